The van der Waals surface area contributed by atoms with E-state index in [-0.39, 0.29) is 11.8 Å². The first-order valence-electron chi connectivity index (χ1n) is 19.0. The summed E-state index contributed by atoms with van der Waals surface area (Å²) in [4.78, 5) is 28.7. The number of hydrogen-bond donors (Lipinski definition) is 4. The summed E-state index contributed by atoms with van der Waals surface area (Å²) in [5, 5.41) is 36.3. The van der Waals surface area contributed by atoms with E-state index in [4.69, 9.17) is 4.74 Å². The lowest BCUT2D eigenvalue weighted by molar-refractivity contribution is -0.116. The minimum atomic E-state index is -0.395. The van der Waals surface area contributed by atoms with Gasteiger partial charge in [0.2, 0.25) is 17.6 Å². The molecule has 0 unspecified atom stereocenters. The van der Waals surface area contributed by atoms with Gasteiger partial charge in [-0.25, -0.2) is 0 Å². The van der Waals surface area contributed by atoms with E-state index in [1.54, 1.807) is 11.0 Å². The number of amides is 2. The number of benzene rings is 5. The summed E-state index contributed by atoms with van der Waals surface area (Å²) >= 11 is 0. The summed E-state index contributed by atoms with van der Waals surface area (Å²) < 4.78 is 5.50. The van der Waals surface area contributed by atoms with Crippen molar-refractivity contribution in [1.29, 1.82) is 0 Å². The molecule has 0 bridgehead atoms. The number of carbonyl (C=O) groups is 2. The van der Waals surface area contributed by atoms with E-state index < -0.39 is 6.04 Å². The summed E-state index contributed by atoms with van der Waals surface area (Å²) in [5.74, 6) is 0.847. The van der Waals surface area contributed by atoms with Crippen LogP contribution in [-0.4, -0.2) is 84.3 Å². The van der Waals surface area contributed by atoms with Crippen LogP contribution in [0.2, 0.25) is 0 Å². The number of carbonyl (C=O) groups excluding carboxylic acids is 2. The molecule has 2 aromatic heterocycles. The van der Waals surface area contributed by atoms with Gasteiger partial charge in [-0.1, -0.05) is 110 Å². The van der Waals surface area contributed by atoms with E-state index in [2.05, 4.69) is 107 Å². The fraction of sp³-hybridized carbons (Fsp3) is 0.209. The molecule has 14 nitrogen and oxygen atoms in total. The van der Waals surface area contributed by atoms with Crippen LogP contribution in [0.15, 0.2) is 115 Å². The number of rotatable bonds is 13. The number of morpholine rings is 1. The molecule has 0 atom stereocenters. The fourth-order valence-electron chi connectivity index (χ4n) is 7.04. The SMILES string of the molecule is CCCCC(=O)Nc1ccc(C(=O)N2CCOCC2)cc1NC(c1ccc(-c2ccccc2-c2nn[nH]n2)cc1)c1ccc(-c2ccccc2-c2nn[nH]n2)cc1. The lowest BCUT2D eigenvalue weighted by atomic mass is 9.92. The molecule has 2 amide bonds. The van der Waals surface area contributed by atoms with Crippen LogP contribution in [0.3, 0.4) is 0 Å². The van der Waals surface area contributed by atoms with Gasteiger partial charge in [-0.2, -0.15) is 10.4 Å². The van der Waals surface area contributed by atoms with Crippen LogP contribution in [-0.2, 0) is 9.53 Å². The van der Waals surface area contributed by atoms with Gasteiger partial charge < -0.3 is 20.3 Å². The third-order valence-corrected chi connectivity index (χ3v) is 10.0. The van der Waals surface area contributed by atoms with Crippen LogP contribution in [0.25, 0.3) is 45.0 Å². The van der Waals surface area contributed by atoms with Gasteiger partial charge >= 0.3 is 0 Å². The predicted octanol–water partition coefficient (Wildman–Crippen LogP) is 7.18. The highest BCUT2D eigenvalue weighted by Crippen LogP contribution is 2.37. The van der Waals surface area contributed by atoms with E-state index in [1.807, 2.05) is 60.7 Å². The number of tetrazole rings is 2. The van der Waals surface area contributed by atoms with Crippen molar-refractivity contribution in [2.75, 3.05) is 36.9 Å². The zero-order valence-corrected chi connectivity index (χ0v) is 31.4. The van der Waals surface area contributed by atoms with Crippen molar-refractivity contribution in [3.63, 3.8) is 0 Å². The Hall–Kier alpha value is -7.06. The average Bonchev–Trinajstić information content (AvgIpc) is 4.02. The standard InChI is InChI=1S/C43H41N11O3/c1-2-3-12-39(55)44-37-22-21-32(43(56)54-23-25-57-26-24-54)27-38(37)45-40(30-17-13-28(14-18-30)33-8-4-6-10-35(33)41-46-50-51-47-41)31-19-15-29(16-20-31)34-9-5-7-11-36(34)42-48-52-53-49-42/h4-11,13-22,27,40,45H,2-3,12,23-26H2,1H3,(H,44,55)(H,46,47,50,51)(H,48,49,52,53). The molecule has 1 aliphatic rings. The molecule has 0 aliphatic carbocycles. The van der Waals surface area contributed by atoms with Crippen LogP contribution >= 0.6 is 0 Å². The van der Waals surface area contributed by atoms with Gasteiger partial charge in [-0.15, -0.1) is 20.4 Å². The predicted molar refractivity (Wildman–Crippen MR) is 217 cm³/mol. The number of aromatic amines is 2. The molecule has 3 heterocycles. The summed E-state index contributed by atoms with van der Waals surface area (Å²) in [6.45, 7) is 4.08. The third-order valence-electron chi connectivity index (χ3n) is 10.0. The average molecular weight is 760 g/mol. The molecular weight excluding hydrogens is 719 g/mol. The zero-order valence-electron chi connectivity index (χ0n) is 31.4. The highest BCUT2D eigenvalue weighted by atomic mass is 16.5. The fourth-order valence-corrected chi connectivity index (χ4v) is 7.04. The largest absolute Gasteiger partial charge is 0.378 e. The Morgan fingerprint density at radius 1 is 0.702 bits per heavy atom. The monoisotopic (exact) mass is 759 g/mol. The second kappa shape index (κ2) is 17.2. The van der Waals surface area contributed by atoms with Gasteiger partial charge in [0.05, 0.1) is 30.6 Å². The lowest BCUT2D eigenvalue weighted by Crippen LogP contribution is -2.40. The van der Waals surface area contributed by atoms with Crippen molar-refractivity contribution in [3.05, 3.63) is 132 Å². The number of ether oxygens (including phenoxy) is 1. The number of nitrogens with zero attached hydrogens (tertiary/aromatic N) is 7. The molecule has 1 saturated heterocycles. The Morgan fingerprint density at radius 3 is 1.75 bits per heavy atom. The molecule has 4 N–H and O–H groups in total. The highest BCUT2D eigenvalue weighted by molar-refractivity contribution is 5.99. The second-order valence-electron chi connectivity index (χ2n) is 13.7. The topological polar surface area (TPSA) is 180 Å². The second-order valence-corrected chi connectivity index (χ2v) is 13.7. The van der Waals surface area contributed by atoms with Crippen molar-refractivity contribution < 1.29 is 14.3 Å². The van der Waals surface area contributed by atoms with Crippen molar-refractivity contribution in [2.45, 2.75) is 32.2 Å². The molecule has 7 aromatic rings. The van der Waals surface area contributed by atoms with Crippen LogP contribution in [0.1, 0.15) is 53.7 Å². The van der Waals surface area contributed by atoms with Gasteiger partial charge in [0.1, 0.15) is 0 Å². The molecule has 14 heteroatoms. The molecule has 57 heavy (non-hydrogen) atoms. The first-order valence-corrected chi connectivity index (χ1v) is 19.0. The van der Waals surface area contributed by atoms with Crippen LogP contribution < -0.4 is 10.6 Å². The number of H-pyrrole nitrogens is 2. The molecule has 5 aromatic carbocycles. The van der Waals surface area contributed by atoms with Crippen LogP contribution in [0.5, 0.6) is 0 Å². The molecule has 0 saturated carbocycles. The molecule has 1 aliphatic heterocycles. The van der Waals surface area contributed by atoms with E-state index in [0.717, 1.165) is 57.3 Å². The normalized spacial score (nSPS) is 12.8. The maximum absolute atomic E-state index is 13.7. The Kier molecular flexibility index (Phi) is 11.1. The Labute approximate surface area is 329 Å². The van der Waals surface area contributed by atoms with E-state index >= 15 is 0 Å². The molecular formula is C43H41N11O3. The number of aromatic nitrogens is 8. The Balaban J connectivity index is 1.19. The van der Waals surface area contributed by atoms with E-state index in [1.165, 1.54) is 0 Å². The molecule has 286 valence electrons. The maximum atomic E-state index is 13.7. The smallest absolute Gasteiger partial charge is 0.254 e. The first kappa shape index (κ1) is 36.9. The Morgan fingerprint density at radius 2 is 1.25 bits per heavy atom. The maximum Gasteiger partial charge on any atom is 0.254 e. The van der Waals surface area contributed by atoms with Crippen molar-refractivity contribution in [1.82, 2.24) is 46.1 Å². The van der Waals surface area contributed by atoms with Crippen molar-refractivity contribution in [3.8, 4) is 45.0 Å². The number of unbranched alkanes of at least 4 members (excludes halogenated alkanes) is 1. The lowest BCUT2D eigenvalue weighted by Gasteiger charge is -2.28. The van der Waals surface area contributed by atoms with Crippen molar-refractivity contribution in [2.24, 2.45) is 0 Å². The summed E-state index contributed by atoms with van der Waals surface area (Å²) in [5.41, 5.74) is 9.27. The van der Waals surface area contributed by atoms with Gasteiger partial charge in [-0.3, -0.25) is 9.59 Å². The van der Waals surface area contributed by atoms with Crippen molar-refractivity contribution >= 4 is 23.2 Å². The molecule has 1 fully saturated rings. The summed E-state index contributed by atoms with van der Waals surface area (Å²) in [7, 11) is 0. The quantitative estimate of drug-likeness (QED) is 0.0941. The summed E-state index contributed by atoms with van der Waals surface area (Å²) in [6.07, 6.45) is 2.07. The zero-order chi connectivity index (χ0) is 39.0. The van der Waals surface area contributed by atoms with Gasteiger partial charge in [0.15, 0.2) is 0 Å². The number of nitrogens with one attached hydrogen (secondary N) is 4. The molecule has 0 spiro atoms. The third kappa shape index (κ3) is 8.31. The van der Waals surface area contributed by atoms with Gasteiger partial charge in [0, 0.05) is 36.2 Å². The molecule has 8 rings (SSSR count). The van der Waals surface area contributed by atoms with Gasteiger partial charge in [-0.05, 0) is 68.4 Å². The summed E-state index contributed by atoms with van der Waals surface area (Å²) in [6, 6.07) is 37.5. The van der Waals surface area contributed by atoms with Crippen LogP contribution in [0.4, 0.5) is 11.4 Å². The van der Waals surface area contributed by atoms with E-state index in [9.17, 15) is 9.59 Å². The number of anilines is 2. The first-order chi connectivity index (χ1) is 28.1. The minimum absolute atomic E-state index is 0.0852. The number of hydrogen-bond acceptors (Lipinski definition) is 10. The minimum Gasteiger partial charge on any atom is -0.378 e. The van der Waals surface area contributed by atoms with E-state index in [0.29, 0.717) is 61.3 Å². The highest BCUT2D eigenvalue weighted by Gasteiger charge is 2.23. The van der Waals surface area contributed by atoms with Gasteiger partial charge in [0.25, 0.3) is 5.91 Å². The van der Waals surface area contributed by atoms with Crippen LogP contribution in [0, 0.1) is 0 Å². The molecule has 0 radical (unpaired) electrons. The Bertz CT molecular complexity index is 2310.